The van der Waals surface area contributed by atoms with Gasteiger partial charge in [0.05, 0.1) is 0 Å². The van der Waals surface area contributed by atoms with Gasteiger partial charge in [0.1, 0.15) is 0 Å². The molecule has 1 rings (SSSR count). The quantitative estimate of drug-likeness (QED) is 0.492. The van der Waals surface area contributed by atoms with Crippen molar-refractivity contribution in [2.45, 2.75) is 60.8 Å². The van der Waals surface area contributed by atoms with Gasteiger partial charge >= 0.3 is 0 Å². The Morgan fingerprint density at radius 1 is 0.909 bits per heavy atom. The first-order chi connectivity index (χ1) is 4.71. The van der Waals surface area contributed by atoms with E-state index in [-0.39, 0.29) is 0 Å². The van der Waals surface area contributed by atoms with E-state index in [1.807, 2.05) is 0 Å². The first-order valence-electron chi connectivity index (χ1n) is 4.71. The third-order valence-electron chi connectivity index (χ3n) is 1.71. The van der Waals surface area contributed by atoms with E-state index >= 15 is 0 Å². The van der Waals surface area contributed by atoms with Crippen molar-refractivity contribution in [2.75, 3.05) is 0 Å². The summed E-state index contributed by atoms with van der Waals surface area (Å²) in [6.07, 6.45) is 4.37. The molecule has 0 unspecified atom stereocenters. The van der Waals surface area contributed by atoms with Crippen molar-refractivity contribution in [3.8, 4) is 0 Å². The second-order valence-electron chi connectivity index (χ2n) is 6.02. The average Bonchev–Trinajstić information content (AvgIpc) is 1.57. The van der Waals surface area contributed by atoms with Crippen molar-refractivity contribution in [3.05, 3.63) is 0 Å². The first-order valence-corrected chi connectivity index (χ1v) is 4.71. The highest BCUT2D eigenvalue weighted by Crippen LogP contribution is 2.38. The van der Waals surface area contributed by atoms with Crippen LogP contribution in [0.3, 0.4) is 0 Å². The Morgan fingerprint density at radius 3 is 1.09 bits per heavy atom. The van der Waals surface area contributed by atoms with Gasteiger partial charge in [-0.05, 0) is 23.7 Å². The van der Waals surface area contributed by atoms with E-state index in [0.29, 0.717) is 5.41 Å². The lowest BCUT2D eigenvalue weighted by Crippen LogP contribution is -2.20. The Balaban J connectivity index is 0.000000187. The lowest BCUT2D eigenvalue weighted by atomic mass is 9.72. The highest BCUT2D eigenvalue weighted by Gasteiger charge is 2.24. The van der Waals surface area contributed by atoms with E-state index in [9.17, 15) is 0 Å². The second kappa shape index (κ2) is 3.60. The van der Waals surface area contributed by atoms with Gasteiger partial charge in [-0.15, -0.1) is 0 Å². The lowest BCUT2D eigenvalue weighted by Gasteiger charge is -2.33. The fourth-order valence-electron chi connectivity index (χ4n) is 0.884. The zero-order valence-corrected chi connectivity index (χ0v) is 9.12. The van der Waals surface area contributed by atoms with Gasteiger partial charge < -0.3 is 0 Å². The van der Waals surface area contributed by atoms with Gasteiger partial charge in [0, 0.05) is 0 Å². The lowest BCUT2D eigenvalue weighted by molar-refractivity contribution is 0.190. The Morgan fingerprint density at radius 2 is 1.09 bits per heavy atom. The van der Waals surface area contributed by atoms with Crippen LogP contribution in [0.5, 0.6) is 0 Å². The molecule has 1 fully saturated rings. The van der Waals surface area contributed by atoms with E-state index in [1.165, 1.54) is 19.3 Å². The van der Waals surface area contributed by atoms with Gasteiger partial charge in [0.15, 0.2) is 0 Å². The summed E-state index contributed by atoms with van der Waals surface area (Å²) in [4.78, 5) is 0. The molecule has 0 heterocycles. The van der Waals surface area contributed by atoms with Crippen LogP contribution in [0.4, 0.5) is 0 Å². The predicted octanol–water partition coefficient (Wildman–Crippen LogP) is 4.25. The molecule has 11 heavy (non-hydrogen) atoms. The van der Waals surface area contributed by atoms with Crippen molar-refractivity contribution >= 4 is 0 Å². The Bertz CT molecular complexity index is 91.7. The fraction of sp³-hybridized carbons (Fsp3) is 1.00. The predicted molar refractivity (Wildman–Crippen MR) is 52.8 cm³/mol. The van der Waals surface area contributed by atoms with E-state index in [2.05, 4.69) is 41.5 Å². The molecular formula is C11H24. The van der Waals surface area contributed by atoms with Crippen molar-refractivity contribution in [1.82, 2.24) is 0 Å². The van der Waals surface area contributed by atoms with Gasteiger partial charge in [-0.2, -0.15) is 0 Å². The van der Waals surface area contributed by atoms with Crippen LogP contribution < -0.4 is 0 Å². The molecule has 68 valence electrons. The molecule has 0 aromatic rings. The summed E-state index contributed by atoms with van der Waals surface area (Å²) in [5, 5.41) is 0. The van der Waals surface area contributed by atoms with Crippen LogP contribution in [0.2, 0.25) is 0 Å². The van der Waals surface area contributed by atoms with Crippen molar-refractivity contribution in [1.29, 1.82) is 0 Å². The summed E-state index contributed by atoms with van der Waals surface area (Å²) in [6.45, 7) is 13.4. The molecular weight excluding hydrogens is 132 g/mol. The fourth-order valence-corrected chi connectivity index (χ4v) is 0.884. The third-order valence-corrected chi connectivity index (χ3v) is 1.71. The number of hydrogen-bond acceptors (Lipinski definition) is 0. The van der Waals surface area contributed by atoms with Crippen LogP contribution in [0.25, 0.3) is 0 Å². The summed E-state index contributed by atoms with van der Waals surface area (Å²) >= 11 is 0. The molecule has 0 aromatic heterocycles. The van der Waals surface area contributed by atoms with Crippen molar-refractivity contribution < 1.29 is 0 Å². The normalized spacial score (nSPS) is 21.3. The number of hydrogen-bond donors (Lipinski definition) is 0. The van der Waals surface area contributed by atoms with Crippen LogP contribution in [-0.4, -0.2) is 0 Å². The topological polar surface area (TPSA) is 0 Å². The Kier molecular flexibility index (Phi) is 3.60. The van der Waals surface area contributed by atoms with E-state index < -0.39 is 0 Å². The summed E-state index contributed by atoms with van der Waals surface area (Å²) in [5.41, 5.74) is 1.22. The molecule has 0 heteroatoms. The summed E-state index contributed by atoms with van der Waals surface area (Å²) in [6, 6.07) is 0. The highest BCUT2D eigenvalue weighted by molar-refractivity contribution is 4.77. The Hall–Kier alpha value is 0. The maximum atomic E-state index is 2.33. The average molecular weight is 156 g/mol. The molecule has 1 aliphatic carbocycles. The standard InChI is InChI=1S/C6H12.C5H12/c1-6(2)4-3-5-6;1-5(2,3)4/h3-5H2,1-2H3;1-4H3. The monoisotopic (exact) mass is 156 g/mol. The molecule has 1 aliphatic rings. The van der Waals surface area contributed by atoms with Gasteiger partial charge in [-0.3, -0.25) is 0 Å². The SMILES string of the molecule is CC(C)(C)C.CC1(C)CCC1. The van der Waals surface area contributed by atoms with E-state index in [4.69, 9.17) is 0 Å². The minimum Gasteiger partial charge on any atom is -0.0604 e. The summed E-state index contributed by atoms with van der Waals surface area (Å²) in [7, 11) is 0. The largest absolute Gasteiger partial charge is 0.0604 e. The van der Waals surface area contributed by atoms with E-state index in [1.54, 1.807) is 0 Å². The Labute approximate surface area is 72.4 Å². The highest BCUT2D eigenvalue weighted by atomic mass is 14.3. The third kappa shape index (κ3) is 10.0. The number of rotatable bonds is 0. The van der Waals surface area contributed by atoms with Crippen LogP contribution in [-0.2, 0) is 0 Å². The van der Waals surface area contributed by atoms with Crippen LogP contribution in [0.15, 0.2) is 0 Å². The van der Waals surface area contributed by atoms with Crippen LogP contribution >= 0.6 is 0 Å². The smallest absolute Gasteiger partial charge is 0.0354 e. The van der Waals surface area contributed by atoms with Gasteiger partial charge in [-0.25, -0.2) is 0 Å². The molecule has 0 nitrogen and oxygen atoms in total. The molecule has 0 saturated heterocycles. The molecule has 0 aliphatic heterocycles. The van der Waals surface area contributed by atoms with Crippen molar-refractivity contribution in [2.24, 2.45) is 10.8 Å². The molecule has 0 bridgehead atoms. The maximum Gasteiger partial charge on any atom is -0.0354 e. The zero-order chi connectivity index (χ0) is 9.12. The van der Waals surface area contributed by atoms with Crippen LogP contribution in [0.1, 0.15) is 60.8 Å². The van der Waals surface area contributed by atoms with Crippen LogP contribution in [0, 0.1) is 10.8 Å². The van der Waals surface area contributed by atoms with Gasteiger partial charge in [-0.1, -0.05) is 48.0 Å². The summed E-state index contributed by atoms with van der Waals surface area (Å²) in [5.74, 6) is 0. The maximum absolute atomic E-state index is 2.33. The molecule has 0 N–H and O–H groups in total. The minimum atomic E-state index is 0.500. The molecule has 0 spiro atoms. The van der Waals surface area contributed by atoms with Crippen molar-refractivity contribution in [3.63, 3.8) is 0 Å². The zero-order valence-electron chi connectivity index (χ0n) is 9.12. The molecule has 0 atom stereocenters. The molecule has 0 radical (unpaired) electrons. The van der Waals surface area contributed by atoms with Gasteiger partial charge in [0.25, 0.3) is 0 Å². The summed E-state index contributed by atoms with van der Waals surface area (Å²) < 4.78 is 0. The minimum absolute atomic E-state index is 0.500. The molecule has 0 amide bonds. The van der Waals surface area contributed by atoms with Gasteiger partial charge in [0.2, 0.25) is 0 Å². The first kappa shape index (κ1) is 11.0. The van der Waals surface area contributed by atoms with E-state index in [0.717, 1.165) is 5.41 Å². The molecule has 0 aromatic carbocycles. The molecule has 1 saturated carbocycles. The second-order valence-corrected chi connectivity index (χ2v) is 6.02.